The molecule has 0 atom stereocenters. The maximum absolute atomic E-state index is 6.04. The van der Waals surface area contributed by atoms with Gasteiger partial charge in [0.2, 0.25) is 5.96 Å². The van der Waals surface area contributed by atoms with E-state index in [9.17, 15) is 0 Å². The molecule has 0 radical (unpaired) electrons. The minimum Gasteiger partial charge on any atom is -0.324 e. The highest BCUT2D eigenvalue weighted by molar-refractivity contribution is 9.10. The zero-order valence-corrected chi connectivity index (χ0v) is 10.8. The third kappa shape index (κ3) is 3.10. The summed E-state index contributed by atoms with van der Waals surface area (Å²) in [7, 11) is 0. The topological polar surface area (TPSA) is 62.4 Å². The van der Waals surface area contributed by atoms with Gasteiger partial charge < -0.3 is 5.32 Å². The second kappa shape index (κ2) is 5.03. The van der Waals surface area contributed by atoms with Gasteiger partial charge in [0.05, 0.1) is 16.8 Å². The molecule has 0 aliphatic heterocycles. The Morgan fingerprint density at radius 3 is 2.88 bits per heavy atom. The number of anilines is 1. The van der Waals surface area contributed by atoms with E-state index in [0.717, 1.165) is 23.0 Å². The second-order valence-electron chi connectivity index (χ2n) is 3.60. The van der Waals surface area contributed by atoms with Gasteiger partial charge in [-0.3, -0.25) is 5.43 Å². The zero-order valence-electron chi connectivity index (χ0n) is 8.50. The molecule has 86 valence electrons. The van der Waals surface area contributed by atoms with Gasteiger partial charge in [-0.2, -0.15) is 0 Å². The number of halogens is 2. The highest BCUT2D eigenvalue weighted by Crippen LogP contribution is 2.27. The van der Waals surface area contributed by atoms with Gasteiger partial charge in [-0.05, 0) is 31.0 Å². The molecule has 1 aliphatic rings. The number of benzene rings is 1. The fourth-order valence-corrected chi connectivity index (χ4v) is 1.74. The van der Waals surface area contributed by atoms with Crippen LogP contribution in [0.15, 0.2) is 27.7 Å². The summed E-state index contributed by atoms with van der Waals surface area (Å²) in [5.41, 5.74) is 3.31. The van der Waals surface area contributed by atoms with Crippen LogP contribution in [0.1, 0.15) is 12.8 Å². The van der Waals surface area contributed by atoms with Crippen LogP contribution in [0.4, 0.5) is 5.69 Å². The molecule has 16 heavy (non-hydrogen) atoms. The van der Waals surface area contributed by atoms with Crippen molar-refractivity contribution in [3.05, 3.63) is 27.7 Å². The molecule has 1 aliphatic carbocycles. The molecule has 0 heterocycles. The highest BCUT2D eigenvalue weighted by atomic mass is 79.9. The Balaban J connectivity index is 2.14. The van der Waals surface area contributed by atoms with Crippen molar-refractivity contribution in [2.24, 2.45) is 10.8 Å². The van der Waals surface area contributed by atoms with E-state index >= 15 is 0 Å². The third-order valence-electron chi connectivity index (χ3n) is 2.18. The number of hydrogen-bond acceptors (Lipinski definition) is 2. The molecular weight excluding hydrogens is 291 g/mol. The molecule has 0 aromatic heterocycles. The molecule has 1 aromatic rings. The molecule has 0 spiro atoms. The van der Waals surface area contributed by atoms with Crippen LogP contribution >= 0.6 is 27.5 Å². The monoisotopic (exact) mass is 302 g/mol. The number of aliphatic imine (C=N–C) groups is 1. The van der Waals surface area contributed by atoms with Gasteiger partial charge >= 0.3 is 0 Å². The fourth-order valence-electron chi connectivity index (χ4n) is 1.21. The van der Waals surface area contributed by atoms with E-state index in [1.165, 1.54) is 0 Å². The lowest BCUT2D eigenvalue weighted by molar-refractivity contribution is 0.966. The lowest BCUT2D eigenvalue weighted by Crippen LogP contribution is -2.36. The minimum absolute atomic E-state index is 0.393. The molecule has 0 amide bonds. The third-order valence-corrected chi connectivity index (χ3v) is 3.00. The molecule has 2 rings (SSSR count). The van der Waals surface area contributed by atoms with Crippen LogP contribution in [-0.2, 0) is 0 Å². The number of nitrogens with one attached hydrogen (secondary N) is 2. The molecule has 4 nitrogen and oxygen atoms in total. The van der Waals surface area contributed by atoms with E-state index in [1.807, 2.05) is 12.1 Å². The van der Waals surface area contributed by atoms with E-state index < -0.39 is 0 Å². The number of hydrazine groups is 1. The predicted octanol–water partition coefficient (Wildman–Crippen LogP) is 2.50. The maximum Gasteiger partial charge on any atom is 0.210 e. The van der Waals surface area contributed by atoms with Crippen LogP contribution < -0.4 is 16.6 Å². The van der Waals surface area contributed by atoms with Crippen molar-refractivity contribution < 1.29 is 0 Å². The summed E-state index contributed by atoms with van der Waals surface area (Å²) < 4.78 is 0.946. The average Bonchev–Trinajstić information content (AvgIpc) is 3.06. The standard InChI is InChI=1S/C10H12BrClN4/c11-6-1-4-8(12)9(5-6)15-10(16-13)14-7-2-3-7/h1,4-5,7H,2-3,13H2,(H2,14,15,16). The Hall–Kier alpha value is -0.780. The summed E-state index contributed by atoms with van der Waals surface area (Å²) in [6.45, 7) is 0. The molecule has 0 unspecified atom stereocenters. The van der Waals surface area contributed by atoms with Crippen LogP contribution in [-0.4, -0.2) is 12.0 Å². The van der Waals surface area contributed by atoms with Crippen molar-refractivity contribution in [1.82, 2.24) is 5.43 Å². The number of hydrogen-bond donors (Lipinski definition) is 3. The number of nitrogens with zero attached hydrogens (tertiary/aromatic N) is 1. The van der Waals surface area contributed by atoms with Crippen LogP contribution in [0.3, 0.4) is 0 Å². The molecule has 4 N–H and O–H groups in total. The van der Waals surface area contributed by atoms with E-state index in [0.29, 0.717) is 17.0 Å². The fraction of sp³-hybridized carbons (Fsp3) is 0.300. The average molecular weight is 304 g/mol. The van der Waals surface area contributed by atoms with Crippen LogP contribution in [0.5, 0.6) is 0 Å². The van der Waals surface area contributed by atoms with Crippen molar-refractivity contribution in [3.63, 3.8) is 0 Å². The summed E-state index contributed by atoms with van der Waals surface area (Å²) in [5, 5.41) is 3.69. The van der Waals surface area contributed by atoms with Crippen molar-refractivity contribution >= 4 is 39.2 Å². The maximum atomic E-state index is 6.04. The summed E-state index contributed by atoms with van der Waals surface area (Å²) >= 11 is 9.42. The lowest BCUT2D eigenvalue weighted by atomic mass is 10.3. The Kier molecular flexibility index (Phi) is 3.68. The predicted molar refractivity (Wildman–Crippen MR) is 70.6 cm³/mol. The van der Waals surface area contributed by atoms with Crippen LogP contribution in [0.25, 0.3) is 0 Å². The van der Waals surface area contributed by atoms with E-state index in [2.05, 4.69) is 31.7 Å². The summed E-state index contributed by atoms with van der Waals surface area (Å²) in [4.78, 5) is 4.37. The molecule has 0 saturated heterocycles. The molecule has 1 aromatic carbocycles. The molecule has 1 saturated carbocycles. The normalized spacial score (nSPS) is 16.1. The Labute approximate surface area is 107 Å². The van der Waals surface area contributed by atoms with Gasteiger partial charge in [0, 0.05) is 4.47 Å². The van der Waals surface area contributed by atoms with Crippen molar-refractivity contribution in [1.29, 1.82) is 0 Å². The van der Waals surface area contributed by atoms with Crippen molar-refractivity contribution in [3.8, 4) is 0 Å². The molecular formula is C10H12BrClN4. The highest BCUT2D eigenvalue weighted by Gasteiger charge is 2.21. The smallest absolute Gasteiger partial charge is 0.210 e. The number of nitrogens with two attached hydrogens (primary N) is 1. The van der Waals surface area contributed by atoms with E-state index in [1.54, 1.807) is 6.07 Å². The first-order valence-corrected chi connectivity index (χ1v) is 6.12. The first kappa shape index (κ1) is 11.7. The summed E-state index contributed by atoms with van der Waals surface area (Å²) in [6, 6.07) is 5.95. The van der Waals surface area contributed by atoms with Crippen molar-refractivity contribution in [2.45, 2.75) is 18.9 Å². The molecule has 1 fully saturated rings. The quantitative estimate of drug-likeness (QED) is 0.340. The van der Waals surface area contributed by atoms with Gasteiger partial charge in [-0.25, -0.2) is 10.8 Å². The SMILES string of the molecule is NNC(=NC1CC1)Nc1cc(Br)ccc1Cl. The van der Waals surface area contributed by atoms with Gasteiger partial charge in [-0.15, -0.1) is 0 Å². The summed E-state index contributed by atoms with van der Waals surface area (Å²) in [5.74, 6) is 5.93. The van der Waals surface area contributed by atoms with Gasteiger partial charge in [0.1, 0.15) is 0 Å². The zero-order chi connectivity index (χ0) is 11.5. The van der Waals surface area contributed by atoms with Crippen molar-refractivity contribution in [2.75, 3.05) is 5.32 Å². The second-order valence-corrected chi connectivity index (χ2v) is 4.93. The minimum atomic E-state index is 0.393. The first-order chi connectivity index (χ1) is 7.69. The number of rotatable bonds is 2. The van der Waals surface area contributed by atoms with Crippen LogP contribution in [0, 0.1) is 0 Å². The van der Waals surface area contributed by atoms with E-state index in [4.69, 9.17) is 17.4 Å². The Morgan fingerprint density at radius 1 is 1.50 bits per heavy atom. The van der Waals surface area contributed by atoms with Gasteiger partial charge in [0.25, 0.3) is 0 Å². The van der Waals surface area contributed by atoms with Gasteiger partial charge in [0.15, 0.2) is 0 Å². The van der Waals surface area contributed by atoms with E-state index in [-0.39, 0.29) is 0 Å². The first-order valence-electron chi connectivity index (χ1n) is 4.95. The Morgan fingerprint density at radius 2 is 2.25 bits per heavy atom. The lowest BCUT2D eigenvalue weighted by Gasteiger charge is -2.10. The molecule has 6 heteroatoms. The molecule has 0 bridgehead atoms. The summed E-state index contributed by atoms with van der Waals surface area (Å²) in [6.07, 6.45) is 2.25. The van der Waals surface area contributed by atoms with Crippen LogP contribution in [0.2, 0.25) is 5.02 Å². The van der Waals surface area contributed by atoms with Gasteiger partial charge in [-0.1, -0.05) is 27.5 Å². The number of guanidine groups is 1. The Bertz CT molecular complexity index is 417. The largest absolute Gasteiger partial charge is 0.324 e.